The number of ether oxygens (including phenoxy) is 2. The van der Waals surface area contributed by atoms with Gasteiger partial charge in [-0.15, -0.1) is 0 Å². The molecule has 138 valence electrons. The number of carbonyl (C=O) groups is 2. The second kappa shape index (κ2) is 9.30. The quantitative estimate of drug-likeness (QED) is 0.820. The van der Waals surface area contributed by atoms with Gasteiger partial charge in [-0.2, -0.15) is 0 Å². The Labute approximate surface area is 149 Å². The fraction of sp³-hybridized carbons (Fsp3) is 0.579. The molecule has 1 saturated heterocycles. The minimum absolute atomic E-state index is 0.0119. The van der Waals surface area contributed by atoms with Crippen molar-refractivity contribution >= 4 is 11.8 Å². The van der Waals surface area contributed by atoms with E-state index in [1.807, 2.05) is 43.0 Å². The first-order valence-electron chi connectivity index (χ1n) is 8.84. The Morgan fingerprint density at radius 3 is 2.32 bits per heavy atom. The summed E-state index contributed by atoms with van der Waals surface area (Å²) in [6, 6.07) is 7.42. The average molecular weight is 348 g/mol. The van der Waals surface area contributed by atoms with Crippen LogP contribution in [0.1, 0.15) is 33.1 Å². The number of benzene rings is 1. The highest BCUT2D eigenvalue weighted by atomic mass is 16.5. The highest BCUT2D eigenvalue weighted by Gasteiger charge is 2.24. The van der Waals surface area contributed by atoms with E-state index in [0.717, 1.165) is 18.6 Å². The van der Waals surface area contributed by atoms with Crippen LogP contribution in [-0.2, 0) is 9.59 Å². The van der Waals surface area contributed by atoms with E-state index in [1.165, 1.54) is 0 Å². The van der Waals surface area contributed by atoms with E-state index in [1.54, 1.807) is 7.11 Å². The summed E-state index contributed by atoms with van der Waals surface area (Å²) < 4.78 is 10.7. The molecule has 0 bridgehead atoms. The van der Waals surface area contributed by atoms with Gasteiger partial charge in [0.15, 0.2) is 0 Å². The lowest BCUT2D eigenvalue weighted by Crippen LogP contribution is -2.47. The summed E-state index contributed by atoms with van der Waals surface area (Å²) in [5.74, 6) is 1.70. The van der Waals surface area contributed by atoms with Gasteiger partial charge in [0.2, 0.25) is 11.8 Å². The Bertz CT molecular complexity index is 563. The van der Waals surface area contributed by atoms with Gasteiger partial charge in [-0.3, -0.25) is 9.59 Å². The largest absolute Gasteiger partial charge is 0.497 e. The van der Waals surface area contributed by atoms with Gasteiger partial charge in [-0.05, 0) is 37.1 Å². The molecule has 0 aromatic heterocycles. The molecule has 1 N–H and O–H groups in total. The van der Waals surface area contributed by atoms with E-state index in [2.05, 4.69) is 5.32 Å². The van der Waals surface area contributed by atoms with Crippen LogP contribution in [0.5, 0.6) is 11.5 Å². The van der Waals surface area contributed by atoms with Crippen molar-refractivity contribution in [3.63, 3.8) is 0 Å². The van der Waals surface area contributed by atoms with Crippen molar-refractivity contribution in [2.75, 3.05) is 26.8 Å². The zero-order valence-corrected chi connectivity index (χ0v) is 15.3. The minimum atomic E-state index is -0.0119. The number of piperidine rings is 1. The van der Waals surface area contributed by atoms with E-state index in [-0.39, 0.29) is 23.8 Å². The Hall–Kier alpha value is -2.24. The van der Waals surface area contributed by atoms with E-state index in [0.29, 0.717) is 31.9 Å². The molecule has 25 heavy (non-hydrogen) atoms. The molecule has 6 nitrogen and oxygen atoms in total. The van der Waals surface area contributed by atoms with Crippen LogP contribution in [0.3, 0.4) is 0 Å². The summed E-state index contributed by atoms with van der Waals surface area (Å²) in [5, 5.41) is 3.04. The first kappa shape index (κ1) is 19.1. The van der Waals surface area contributed by atoms with Crippen LogP contribution in [0.25, 0.3) is 0 Å². The van der Waals surface area contributed by atoms with E-state index in [9.17, 15) is 9.59 Å². The fourth-order valence-electron chi connectivity index (χ4n) is 2.84. The Balaban J connectivity index is 1.65. The van der Waals surface area contributed by atoms with Crippen molar-refractivity contribution in [1.82, 2.24) is 10.2 Å². The number of amides is 2. The van der Waals surface area contributed by atoms with Gasteiger partial charge in [-0.1, -0.05) is 13.8 Å². The van der Waals surface area contributed by atoms with Crippen molar-refractivity contribution < 1.29 is 19.1 Å². The third kappa shape index (κ3) is 5.96. The molecule has 1 aliphatic heterocycles. The highest BCUT2D eigenvalue weighted by molar-refractivity contribution is 5.78. The molecule has 0 atom stereocenters. The van der Waals surface area contributed by atoms with Crippen LogP contribution < -0.4 is 14.8 Å². The van der Waals surface area contributed by atoms with Gasteiger partial charge >= 0.3 is 0 Å². The Morgan fingerprint density at radius 1 is 1.16 bits per heavy atom. The molecule has 0 saturated carbocycles. The molecule has 0 unspecified atom stereocenters. The van der Waals surface area contributed by atoms with Gasteiger partial charge in [0.25, 0.3) is 0 Å². The lowest BCUT2D eigenvalue weighted by atomic mass is 10.0. The van der Waals surface area contributed by atoms with Crippen LogP contribution in [0.2, 0.25) is 0 Å². The van der Waals surface area contributed by atoms with Gasteiger partial charge in [0.1, 0.15) is 11.5 Å². The summed E-state index contributed by atoms with van der Waals surface area (Å²) in [4.78, 5) is 25.9. The minimum Gasteiger partial charge on any atom is -0.497 e. The standard InChI is InChI=1S/C19H28N2O4/c1-14(2)19(23)21-11-8-15(9-12-21)20-18(22)10-13-25-17-6-4-16(24-3)5-7-17/h4-7,14-15H,8-13H2,1-3H3,(H,20,22). The second-order valence-corrected chi connectivity index (χ2v) is 6.60. The van der Waals surface area contributed by atoms with Crippen molar-refractivity contribution in [2.24, 2.45) is 5.92 Å². The van der Waals surface area contributed by atoms with E-state index >= 15 is 0 Å². The summed E-state index contributed by atoms with van der Waals surface area (Å²) in [5.41, 5.74) is 0. The topological polar surface area (TPSA) is 67.9 Å². The summed E-state index contributed by atoms with van der Waals surface area (Å²) in [7, 11) is 1.61. The maximum Gasteiger partial charge on any atom is 0.225 e. The molecule has 1 fully saturated rings. The first-order valence-corrected chi connectivity index (χ1v) is 8.84. The number of nitrogens with one attached hydrogen (secondary N) is 1. The van der Waals surface area contributed by atoms with Gasteiger partial charge in [0, 0.05) is 25.0 Å². The normalized spacial score (nSPS) is 15.1. The average Bonchev–Trinajstić information content (AvgIpc) is 2.62. The lowest BCUT2D eigenvalue weighted by Gasteiger charge is -2.33. The van der Waals surface area contributed by atoms with Crippen LogP contribution in [0.15, 0.2) is 24.3 Å². The molecule has 0 radical (unpaired) electrons. The van der Waals surface area contributed by atoms with Gasteiger partial charge in [-0.25, -0.2) is 0 Å². The molecular weight excluding hydrogens is 320 g/mol. The molecule has 2 amide bonds. The number of nitrogens with zero attached hydrogens (tertiary/aromatic N) is 1. The molecule has 1 aliphatic rings. The van der Waals surface area contributed by atoms with Crippen LogP contribution in [0, 0.1) is 5.92 Å². The Kier molecular flexibility index (Phi) is 7.10. The monoisotopic (exact) mass is 348 g/mol. The number of methoxy groups -OCH3 is 1. The predicted molar refractivity (Wildman–Crippen MR) is 95.7 cm³/mol. The fourth-order valence-corrected chi connectivity index (χ4v) is 2.84. The van der Waals surface area contributed by atoms with Crippen molar-refractivity contribution in [1.29, 1.82) is 0 Å². The van der Waals surface area contributed by atoms with Crippen molar-refractivity contribution in [3.8, 4) is 11.5 Å². The molecule has 2 rings (SSSR count). The van der Waals surface area contributed by atoms with Crippen molar-refractivity contribution in [2.45, 2.75) is 39.2 Å². The molecule has 6 heteroatoms. The van der Waals surface area contributed by atoms with E-state index in [4.69, 9.17) is 9.47 Å². The molecule has 1 aromatic carbocycles. The predicted octanol–water partition coefficient (Wildman–Crippen LogP) is 2.23. The zero-order chi connectivity index (χ0) is 18.2. The molecule has 1 aromatic rings. The maximum absolute atomic E-state index is 12.0. The third-order valence-corrected chi connectivity index (χ3v) is 4.32. The second-order valence-electron chi connectivity index (χ2n) is 6.60. The SMILES string of the molecule is COc1ccc(OCCC(=O)NC2CCN(C(=O)C(C)C)CC2)cc1. The summed E-state index contributed by atoms with van der Waals surface area (Å²) >= 11 is 0. The molecule has 0 aliphatic carbocycles. The molecule has 1 heterocycles. The summed E-state index contributed by atoms with van der Waals surface area (Å²) in [6.45, 7) is 5.59. The van der Waals surface area contributed by atoms with E-state index < -0.39 is 0 Å². The number of carbonyl (C=O) groups excluding carboxylic acids is 2. The number of hydrogen-bond acceptors (Lipinski definition) is 4. The number of likely N-dealkylation sites (tertiary alicyclic amines) is 1. The zero-order valence-electron chi connectivity index (χ0n) is 15.3. The van der Waals surface area contributed by atoms with Crippen LogP contribution in [-0.4, -0.2) is 49.6 Å². The maximum atomic E-state index is 12.0. The van der Waals surface area contributed by atoms with Crippen molar-refractivity contribution in [3.05, 3.63) is 24.3 Å². The lowest BCUT2D eigenvalue weighted by molar-refractivity contribution is -0.135. The number of rotatable bonds is 7. The van der Waals surface area contributed by atoms with Crippen LogP contribution in [0.4, 0.5) is 0 Å². The van der Waals surface area contributed by atoms with Gasteiger partial charge < -0.3 is 19.7 Å². The highest BCUT2D eigenvalue weighted by Crippen LogP contribution is 2.17. The number of hydrogen-bond donors (Lipinski definition) is 1. The first-order chi connectivity index (χ1) is 12.0. The third-order valence-electron chi connectivity index (χ3n) is 4.32. The smallest absolute Gasteiger partial charge is 0.225 e. The molecular formula is C19H28N2O4. The Morgan fingerprint density at radius 2 is 1.76 bits per heavy atom. The molecule has 0 spiro atoms. The van der Waals surface area contributed by atoms with Gasteiger partial charge in [0.05, 0.1) is 20.1 Å². The summed E-state index contributed by atoms with van der Waals surface area (Å²) in [6.07, 6.45) is 1.93. The van der Waals surface area contributed by atoms with Crippen LogP contribution >= 0.6 is 0 Å².